The van der Waals surface area contributed by atoms with E-state index in [9.17, 15) is 13.2 Å². The van der Waals surface area contributed by atoms with E-state index in [0.717, 1.165) is 32.8 Å². The fraction of sp³-hybridized carbons (Fsp3) is 0.444. The maximum absolute atomic E-state index is 14.1. The highest BCUT2D eigenvalue weighted by Crippen LogP contribution is 2.32. The van der Waals surface area contributed by atoms with E-state index in [1.165, 1.54) is 24.3 Å². The summed E-state index contributed by atoms with van der Waals surface area (Å²) in [4.78, 5) is 0. The van der Waals surface area contributed by atoms with Crippen LogP contribution in [0, 0.1) is 5.82 Å². The molecule has 0 fully saturated rings. The second-order valence-corrected chi connectivity index (χ2v) is 5.47. The van der Waals surface area contributed by atoms with Crippen LogP contribution in [-0.4, -0.2) is 13.7 Å². The maximum atomic E-state index is 14.1. The molecule has 23 heavy (non-hydrogen) atoms. The molecule has 5 heteroatoms. The molecule has 2 nitrogen and oxygen atoms in total. The zero-order valence-corrected chi connectivity index (χ0v) is 13.4. The molecule has 0 atom stereocenters. The van der Waals surface area contributed by atoms with E-state index in [2.05, 4.69) is 11.7 Å². The first-order valence-electron chi connectivity index (χ1n) is 7.77. The van der Waals surface area contributed by atoms with Crippen molar-refractivity contribution < 1.29 is 22.6 Å². The molecule has 2 rings (SSSR count). The van der Waals surface area contributed by atoms with Crippen LogP contribution in [0.15, 0.2) is 30.3 Å². The number of unbranched alkanes of at least 4 members (excludes halogenated alkanes) is 3. The Labute approximate surface area is 134 Å². The molecule has 0 amide bonds. The van der Waals surface area contributed by atoms with Crippen LogP contribution in [-0.2, 0) is 10.8 Å². The lowest BCUT2D eigenvalue weighted by molar-refractivity contribution is -0.231. The Kier molecular flexibility index (Phi) is 5.88. The van der Waals surface area contributed by atoms with Crippen LogP contribution in [0.4, 0.5) is 13.2 Å². The zero-order valence-electron chi connectivity index (χ0n) is 13.4. The van der Waals surface area contributed by atoms with E-state index < -0.39 is 11.9 Å². The van der Waals surface area contributed by atoms with Crippen LogP contribution >= 0.6 is 0 Å². The summed E-state index contributed by atoms with van der Waals surface area (Å²) in [6.45, 7) is 2.56. The van der Waals surface area contributed by atoms with Gasteiger partial charge in [0.25, 0.3) is 0 Å². The summed E-state index contributed by atoms with van der Waals surface area (Å²) in [7, 11) is 0.931. The number of ether oxygens (including phenoxy) is 2. The molecule has 0 spiro atoms. The molecule has 0 bridgehead atoms. The molecule has 0 N–H and O–H groups in total. The van der Waals surface area contributed by atoms with Gasteiger partial charge in [-0.1, -0.05) is 32.3 Å². The number of methoxy groups -OCH3 is 1. The normalized spacial score (nSPS) is 11.9. The van der Waals surface area contributed by atoms with Crippen molar-refractivity contribution in [1.29, 1.82) is 0 Å². The standard InChI is InChI=1S/C18H21F3O2/c1-3-4-5-6-9-23-17-12-13-7-8-15(18(20,21)22-2)10-14(13)11-16(17)19/h7-8,10-12H,3-6,9H2,1-2H3. The maximum Gasteiger partial charge on any atom is 0.383 e. The summed E-state index contributed by atoms with van der Waals surface area (Å²) < 4.78 is 50.7. The van der Waals surface area contributed by atoms with E-state index in [-0.39, 0.29) is 11.3 Å². The van der Waals surface area contributed by atoms with Crippen molar-refractivity contribution in [3.05, 3.63) is 41.7 Å². The second kappa shape index (κ2) is 7.68. The number of halogens is 3. The zero-order chi connectivity index (χ0) is 16.9. The van der Waals surface area contributed by atoms with Gasteiger partial charge in [0, 0.05) is 7.11 Å². The highest BCUT2D eigenvalue weighted by atomic mass is 19.3. The molecular formula is C18H21F3O2. The molecule has 2 aromatic carbocycles. The summed E-state index contributed by atoms with van der Waals surface area (Å²) in [5, 5.41) is 1.03. The fourth-order valence-corrected chi connectivity index (χ4v) is 2.37. The largest absolute Gasteiger partial charge is 0.490 e. The Bertz CT molecular complexity index is 656. The van der Waals surface area contributed by atoms with E-state index >= 15 is 0 Å². The monoisotopic (exact) mass is 326 g/mol. The average Bonchev–Trinajstić information content (AvgIpc) is 2.54. The Morgan fingerprint density at radius 2 is 1.78 bits per heavy atom. The van der Waals surface area contributed by atoms with Gasteiger partial charge < -0.3 is 9.47 Å². The van der Waals surface area contributed by atoms with Gasteiger partial charge in [-0.05, 0) is 41.5 Å². The molecule has 0 aliphatic rings. The van der Waals surface area contributed by atoms with Crippen LogP contribution in [0.25, 0.3) is 10.8 Å². The minimum Gasteiger partial charge on any atom is -0.490 e. The van der Waals surface area contributed by atoms with Gasteiger partial charge in [0.1, 0.15) is 0 Å². The number of rotatable bonds is 8. The topological polar surface area (TPSA) is 18.5 Å². The minimum atomic E-state index is -3.39. The summed E-state index contributed by atoms with van der Waals surface area (Å²) in [6, 6.07) is 6.77. The molecular weight excluding hydrogens is 305 g/mol. The van der Waals surface area contributed by atoms with Gasteiger partial charge in [0.2, 0.25) is 0 Å². The summed E-state index contributed by atoms with van der Waals surface area (Å²) >= 11 is 0. The Balaban J connectivity index is 2.17. The lowest BCUT2D eigenvalue weighted by Gasteiger charge is -2.15. The molecule has 0 aliphatic heterocycles. The number of benzene rings is 2. The first-order valence-corrected chi connectivity index (χ1v) is 7.77. The summed E-state index contributed by atoms with van der Waals surface area (Å²) in [5.74, 6) is -0.397. The van der Waals surface area contributed by atoms with Gasteiger partial charge in [-0.15, -0.1) is 0 Å². The highest BCUT2D eigenvalue weighted by molar-refractivity contribution is 5.84. The summed E-state index contributed by atoms with van der Waals surface area (Å²) in [5.41, 5.74) is -0.305. The third-order valence-electron chi connectivity index (χ3n) is 3.74. The summed E-state index contributed by atoms with van der Waals surface area (Å²) in [6.07, 6.45) is 0.767. The van der Waals surface area contributed by atoms with Crippen molar-refractivity contribution in [2.45, 2.75) is 38.7 Å². The van der Waals surface area contributed by atoms with Crippen molar-refractivity contribution in [1.82, 2.24) is 0 Å². The Morgan fingerprint density at radius 3 is 2.48 bits per heavy atom. The molecule has 0 aromatic heterocycles. The average molecular weight is 326 g/mol. The molecule has 0 unspecified atom stereocenters. The molecule has 0 saturated heterocycles. The van der Waals surface area contributed by atoms with Crippen LogP contribution in [0.5, 0.6) is 5.75 Å². The second-order valence-electron chi connectivity index (χ2n) is 5.47. The Hall–Kier alpha value is -1.75. The van der Waals surface area contributed by atoms with Crippen LogP contribution in [0.3, 0.4) is 0 Å². The first-order chi connectivity index (χ1) is 11.0. The lowest BCUT2D eigenvalue weighted by atomic mass is 10.1. The van der Waals surface area contributed by atoms with Gasteiger partial charge >= 0.3 is 6.11 Å². The highest BCUT2D eigenvalue weighted by Gasteiger charge is 2.31. The molecule has 0 heterocycles. The van der Waals surface area contributed by atoms with Crippen molar-refractivity contribution in [2.24, 2.45) is 0 Å². The van der Waals surface area contributed by atoms with Crippen molar-refractivity contribution >= 4 is 10.8 Å². The first kappa shape index (κ1) is 17.6. The number of hydrogen-bond acceptors (Lipinski definition) is 2. The van der Waals surface area contributed by atoms with Crippen LogP contribution < -0.4 is 4.74 Å². The number of hydrogen-bond donors (Lipinski definition) is 0. The van der Waals surface area contributed by atoms with Gasteiger partial charge in [0.15, 0.2) is 11.6 Å². The van der Waals surface area contributed by atoms with E-state index in [1.807, 2.05) is 0 Å². The SMILES string of the molecule is CCCCCCOc1cc2ccc(C(F)(F)OC)cc2cc1F. The van der Waals surface area contributed by atoms with Gasteiger partial charge in [0.05, 0.1) is 12.2 Å². The fourth-order valence-electron chi connectivity index (χ4n) is 2.37. The molecule has 2 aromatic rings. The Morgan fingerprint density at radius 1 is 1.00 bits per heavy atom. The van der Waals surface area contributed by atoms with E-state index in [4.69, 9.17) is 4.74 Å². The third-order valence-corrected chi connectivity index (χ3v) is 3.74. The number of alkyl halides is 2. The molecule has 0 aliphatic carbocycles. The smallest absolute Gasteiger partial charge is 0.383 e. The van der Waals surface area contributed by atoms with Gasteiger partial charge in [-0.2, -0.15) is 8.78 Å². The van der Waals surface area contributed by atoms with Crippen molar-refractivity contribution in [3.8, 4) is 5.75 Å². The predicted octanol–water partition coefficient (Wildman–Crippen LogP) is 5.63. The van der Waals surface area contributed by atoms with Crippen molar-refractivity contribution in [3.63, 3.8) is 0 Å². The molecule has 0 radical (unpaired) electrons. The molecule has 126 valence electrons. The van der Waals surface area contributed by atoms with E-state index in [1.54, 1.807) is 6.07 Å². The van der Waals surface area contributed by atoms with Gasteiger partial charge in [-0.25, -0.2) is 4.39 Å². The predicted molar refractivity (Wildman–Crippen MR) is 84.4 cm³/mol. The van der Waals surface area contributed by atoms with Crippen LogP contribution in [0.1, 0.15) is 38.2 Å². The van der Waals surface area contributed by atoms with Crippen molar-refractivity contribution in [2.75, 3.05) is 13.7 Å². The van der Waals surface area contributed by atoms with Gasteiger partial charge in [-0.3, -0.25) is 0 Å². The quantitative estimate of drug-likeness (QED) is 0.585. The third kappa shape index (κ3) is 4.38. The molecule has 0 saturated carbocycles. The van der Waals surface area contributed by atoms with E-state index in [0.29, 0.717) is 17.4 Å². The minimum absolute atomic E-state index is 0.153. The van der Waals surface area contributed by atoms with Crippen LogP contribution in [0.2, 0.25) is 0 Å². The number of fused-ring (bicyclic) bond motifs is 1. The lowest BCUT2D eigenvalue weighted by Crippen LogP contribution is -2.15.